The zero-order valence-corrected chi connectivity index (χ0v) is 20.1. The van der Waals surface area contributed by atoms with Crippen molar-refractivity contribution in [3.8, 4) is 0 Å². The lowest BCUT2D eigenvalue weighted by atomic mass is 9.63. The van der Waals surface area contributed by atoms with E-state index in [1.807, 2.05) is 4.90 Å². The number of nitrogens with one attached hydrogen (secondary N) is 1. The van der Waals surface area contributed by atoms with E-state index in [0.717, 1.165) is 30.6 Å². The molecule has 7 atom stereocenters. The van der Waals surface area contributed by atoms with Crippen LogP contribution in [-0.4, -0.2) is 82.6 Å². The molecule has 0 bridgehead atoms. The van der Waals surface area contributed by atoms with Gasteiger partial charge in [0.15, 0.2) is 0 Å². The molecule has 7 heteroatoms. The van der Waals surface area contributed by atoms with Crippen molar-refractivity contribution in [3.63, 3.8) is 0 Å². The molecular formula is C25H42N4O3. The van der Waals surface area contributed by atoms with Crippen molar-refractivity contribution in [2.45, 2.75) is 82.9 Å². The summed E-state index contributed by atoms with van der Waals surface area (Å²) in [5.41, 5.74) is 2.52. The Labute approximate surface area is 192 Å². The number of rotatable bonds is 3. The van der Waals surface area contributed by atoms with Gasteiger partial charge >= 0.3 is 0 Å². The van der Waals surface area contributed by atoms with Gasteiger partial charge in [-0.15, -0.1) is 0 Å². The molecule has 3 aliphatic carbocycles. The summed E-state index contributed by atoms with van der Waals surface area (Å²) in [5, 5.41) is 12.4. The third-order valence-corrected chi connectivity index (χ3v) is 9.64. The van der Waals surface area contributed by atoms with Crippen LogP contribution in [0.2, 0.25) is 0 Å². The second-order valence-corrected chi connectivity index (χ2v) is 11.6. The van der Waals surface area contributed by atoms with Gasteiger partial charge in [0.1, 0.15) is 5.60 Å². The zero-order chi connectivity index (χ0) is 22.6. The van der Waals surface area contributed by atoms with E-state index in [0.29, 0.717) is 62.9 Å². The van der Waals surface area contributed by atoms with Crippen LogP contribution in [0.5, 0.6) is 0 Å². The molecule has 2 saturated heterocycles. The van der Waals surface area contributed by atoms with Crippen molar-refractivity contribution in [1.82, 2.24) is 20.2 Å². The number of aliphatic hydroxyl groups is 1. The van der Waals surface area contributed by atoms with E-state index in [1.165, 1.54) is 25.7 Å². The van der Waals surface area contributed by atoms with Gasteiger partial charge in [-0.1, -0.05) is 6.92 Å². The summed E-state index contributed by atoms with van der Waals surface area (Å²) >= 11 is 0. The van der Waals surface area contributed by atoms with Crippen LogP contribution in [0.1, 0.15) is 65.2 Å². The van der Waals surface area contributed by atoms with E-state index in [1.54, 1.807) is 4.90 Å². The number of hydrogen-bond acceptors (Lipinski definition) is 5. The monoisotopic (exact) mass is 446 g/mol. The number of fused-ring (bicyclic) bond motifs is 1. The van der Waals surface area contributed by atoms with E-state index < -0.39 is 5.60 Å². The molecular weight excluding hydrogens is 404 g/mol. The Morgan fingerprint density at radius 2 is 1.59 bits per heavy atom. The lowest BCUT2D eigenvalue weighted by molar-refractivity contribution is -0.149. The van der Waals surface area contributed by atoms with E-state index in [-0.39, 0.29) is 11.8 Å². The molecule has 7 nitrogen and oxygen atoms in total. The van der Waals surface area contributed by atoms with Crippen LogP contribution in [0.25, 0.3) is 0 Å². The van der Waals surface area contributed by atoms with E-state index in [9.17, 15) is 14.7 Å². The fourth-order valence-electron chi connectivity index (χ4n) is 7.50. The van der Waals surface area contributed by atoms with Gasteiger partial charge in [0, 0.05) is 51.2 Å². The third-order valence-electron chi connectivity index (χ3n) is 9.64. The minimum Gasteiger partial charge on any atom is -0.380 e. The van der Waals surface area contributed by atoms with Crippen LogP contribution in [0.4, 0.5) is 0 Å². The molecule has 0 aromatic carbocycles. The van der Waals surface area contributed by atoms with Crippen molar-refractivity contribution in [1.29, 1.82) is 0 Å². The molecule has 2 heterocycles. The Morgan fingerprint density at radius 1 is 0.906 bits per heavy atom. The highest BCUT2D eigenvalue weighted by Gasteiger charge is 2.51. The molecule has 2 aliphatic heterocycles. The first kappa shape index (κ1) is 22.6. The van der Waals surface area contributed by atoms with Crippen LogP contribution in [0.15, 0.2) is 0 Å². The Kier molecular flexibility index (Phi) is 6.04. The first-order valence-corrected chi connectivity index (χ1v) is 13.1. The second kappa shape index (κ2) is 8.55. The molecule has 7 unspecified atom stereocenters. The lowest BCUT2D eigenvalue weighted by Gasteiger charge is -2.44. The SMILES string of the molecule is CC1CC(C(=O)N2CCN(C(=O)C3(O)CC3)CC2)CCC1C1CCC2C(C1)C(C)NN2C. The number of nitrogens with zero attached hydrogens (tertiary/aromatic N) is 3. The second-order valence-electron chi connectivity index (χ2n) is 11.6. The van der Waals surface area contributed by atoms with Crippen molar-refractivity contribution >= 4 is 11.8 Å². The minimum absolute atomic E-state index is 0.133. The molecule has 0 aromatic heterocycles. The fraction of sp³-hybridized carbons (Fsp3) is 0.920. The first-order chi connectivity index (χ1) is 15.3. The molecule has 2 N–H and O–H groups in total. The van der Waals surface area contributed by atoms with Gasteiger partial charge in [0.25, 0.3) is 5.91 Å². The quantitative estimate of drug-likeness (QED) is 0.692. The van der Waals surface area contributed by atoms with Crippen LogP contribution in [-0.2, 0) is 9.59 Å². The Hall–Kier alpha value is -1.18. The molecule has 5 fully saturated rings. The average Bonchev–Trinajstić information content (AvgIpc) is 3.49. The zero-order valence-electron chi connectivity index (χ0n) is 20.1. The average molecular weight is 447 g/mol. The van der Waals surface area contributed by atoms with Gasteiger partial charge < -0.3 is 14.9 Å². The molecule has 0 aromatic rings. The summed E-state index contributed by atoms with van der Waals surface area (Å²) in [4.78, 5) is 29.3. The summed E-state index contributed by atoms with van der Waals surface area (Å²) in [7, 11) is 2.20. The van der Waals surface area contributed by atoms with E-state index in [4.69, 9.17) is 0 Å². The number of carbonyl (C=O) groups is 2. The highest BCUT2D eigenvalue weighted by Crippen LogP contribution is 2.47. The largest absolute Gasteiger partial charge is 0.380 e. The van der Waals surface area contributed by atoms with E-state index >= 15 is 0 Å². The minimum atomic E-state index is -1.10. The normalized spacial score (nSPS) is 41.9. The molecule has 180 valence electrons. The standard InChI is InChI=1S/C25H42N4O3/c1-16-14-19(23(30)28-10-12-29(13-11-28)24(31)25(32)8-9-25)4-6-20(16)18-5-7-22-21(15-18)17(2)26-27(22)3/h16-22,26,32H,4-15H2,1-3H3. The number of hydrazine groups is 1. The molecule has 5 rings (SSSR count). The third kappa shape index (κ3) is 4.09. The number of carbonyl (C=O) groups excluding carboxylic acids is 2. The summed E-state index contributed by atoms with van der Waals surface area (Å²) in [5.74, 6) is 3.24. The predicted octanol–water partition coefficient (Wildman–Crippen LogP) is 1.86. The van der Waals surface area contributed by atoms with Crippen molar-refractivity contribution < 1.29 is 14.7 Å². The number of piperazine rings is 1. The van der Waals surface area contributed by atoms with Gasteiger partial charge in [-0.25, -0.2) is 5.01 Å². The molecule has 3 saturated carbocycles. The highest BCUT2D eigenvalue weighted by atomic mass is 16.3. The maximum absolute atomic E-state index is 13.3. The molecule has 32 heavy (non-hydrogen) atoms. The van der Waals surface area contributed by atoms with E-state index in [2.05, 4.69) is 31.3 Å². The number of hydrogen-bond donors (Lipinski definition) is 2. The van der Waals surface area contributed by atoms with Gasteiger partial charge in [0.05, 0.1) is 0 Å². The maximum Gasteiger partial charge on any atom is 0.254 e. The Bertz CT molecular complexity index is 733. The van der Waals surface area contributed by atoms with Crippen molar-refractivity contribution in [2.75, 3.05) is 33.2 Å². The molecule has 2 amide bonds. The van der Waals surface area contributed by atoms with Crippen LogP contribution >= 0.6 is 0 Å². The topological polar surface area (TPSA) is 76.1 Å². The smallest absolute Gasteiger partial charge is 0.254 e. The van der Waals surface area contributed by atoms with Gasteiger partial charge in [0.2, 0.25) is 5.91 Å². The summed E-state index contributed by atoms with van der Waals surface area (Å²) in [6, 6.07) is 1.27. The van der Waals surface area contributed by atoms with Gasteiger partial charge in [-0.3, -0.25) is 15.0 Å². The highest BCUT2D eigenvalue weighted by molar-refractivity contribution is 5.88. The van der Waals surface area contributed by atoms with Crippen LogP contribution in [0.3, 0.4) is 0 Å². The molecule has 0 radical (unpaired) electrons. The van der Waals surface area contributed by atoms with Crippen LogP contribution < -0.4 is 5.43 Å². The summed E-state index contributed by atoms with van der Waals surface area (Å²) in [6.07, 6.45) is 8.34. The predicted molar refractivity (Wildman–Crippen MR) is 122 cm³/mol. The summed E-state index contributed by atoms with van der Waals surface area (Å²) in [6.45, 7) is 7.05. The van der Waals surface area contributed by atoms with Gasteiger partial charge in [-0.2, -0.15) is 0 Å². The summed E-state index contributed by atoms with van der Waals surface area (Å²) < 4.78 is 0. The Balaban J connectivity index is 1.11. The number of amides is 2. The van der Waals surface area contributed by atoms with Gasteiger partial charge in [-0.05, 0) is 82.0 Å². The van der Waals surface area contributed by atoms with Crippen LogP contribution in [0, 0.1) is 29.6 Å². The van der Waals surface area contributed by atoms with Crippen molar-refractivity contribution in [2.24, 2.45) is 29.6 Å². The Morgan fingerprint density at radius 3 is 2.25 bits per heavy atom. The fourth-order valence-corrected chi connectivity index (χ4v) is 7.50. The maximum atomic E-state index is 13.3. The molecule has 5 aliphatic rings. The lowest BCUT2D eigenvalue weighted by Crippen LogP contribution is -2.54. The van der Waals surface area contributed by atoms with Crippen molar-refractivity contribution in [3.05, 3.63) is 0 Å². The molecule has 0 spiro atoms. The first-order valence-electron chi connectivity index (χ1n) is 13.1.